The molecular weight excluding hydrogens is 98.9 g/mol. The van der Waals surface area contributed by atoms with Crippen molar-refractivity contribution in [1.82, 2.24) is 5.32 Å². The van der Waals surface area contributed by atoms with Crippen LogP contribution in [0.3, 0.4) is 0 Å². The van der Waals surface area contributed by atoms with Gasteiger partial charge in [-0.15, -0.1) is 0 Å². The molecule has 1 fully saturated rings. The van der Waals surface area contributed by atoms with E-state index >= 15 is 0 Å². The molecule has 0 aromatic heterocycles. The van der Waals surface area contributed by atoms with Crippen molar-refractivity contribution < 1.29 is 0 Å². The quantitative estimate of drug-likeness (QED) is 0.397. The van der Waals surface area contributed by atoms with E-state index in [0.717, 1.165) is 18.8 Å². The molecule has 0 saturated carbocycles. The highest BCUT2D eigenvalue weighted by Crippen LogP contribution is 2.12. The monoisotopic (exact) mass is 112 g/mol. The first-order chi connectivity index (χ1) is 3.79. The second kappa shape index (κ2) is 2.51. The van der Waals surface area contributed by atoms with Gasteiger partial charge in [-0.05, 0) is 13.0 Å². The van der Waals surface area contributed by atoms with Gasteiger partial charge in [0.15, 0.2) is 0 Å². The molecule has 0 spiro atoms. The summed E-state index contributed by atoms with van der Waals surface area (Å²) in [6.07, 6.45) is 2.70. The van der Waals surface area contributed by atoms with Crippen molar-refractivity contribution >= 4 is 7.85 Å². The molecule has 1 rings (SSSR count). The summed E-state index contributed by atoms with van der Waals surface area (Å²) in [7, 11) is 2.25. The lowest BCUT2D eigenvalue weighted by molar-refractivity contribution is 0.411. The van der Waals surface area contributed by atoms with E-state index in [0.29, 0.717) is 0 Å². The molecular formula is C5H13BN2. The standard InChI is InChI=1S/C5H13BN2/c6-4-1-2-5(7)8-3-4/h4-5,8H,1-3,6-7H2. The van der Waals surface area contributed by atoms with Gasteiger partial charge in [0.25, 0.3) is 0 Å². The zero-order valence-electron chi connectivity index (χ0n) is 5.35. The van der Waals surface area contributed by atoms with Crippen LogP contribution < -0.4 is 11.1 Å². The smallest absolute Gasteiger partial charge is 0.107 e. The normalized spacial score (nSPS) is 39.6. The van der Waals surface area contributed by atoms with E-state index in [-0.39, 0.29) is 6.17 Å². The largest absolute Gasteiger partial charge is 0.316 e. The molecule has 1 saturated heterocycles. The zero-order chi connectivity index (χ0) is 5.98. The third kappa shape index (κ3) is 1.49. The highest BCUT2D eigenvalue weighted by atomic mass is 15.0. The number of rotatable bonds is 0. The van der Waals surface area contributed by atoms with E-state index in [4.69, 9.17) is 5.73 Å². The second-order valence-electron chi connectivity index (χ2n) is 2.70. The molecule has 2 atom stereocenters. The third-order valence-electron chi connectivity index (χ3n) is 1.70. The highest BCUT2D eigenvalue weighted by molar-refractivity contribution is 6.11. The molecule has 2 unspecified atom stereocenters. The first-order valence-electron chi connectivity index (χ1n) is 3.28. The van der Waals surface area contributed by atoms with Crippen molar-refractivity contribution in [3.05, 3.63) is 0 Å². The van der Waals surface area contributed by atoms with Crippen molar-refractivity contribution in [2.45, 2.75) is 24.8 Å². The zero-order valence-corrected chi connectivity index (χ0v) is 5.35. The Labute approximate surface area is 51.2 Å². The van der Waals surface area contributed by atoms with Crippen LogP contribution in [-0.2, 0) is 0 Å². The maximum Gasteiger partial charge on any atom is 0.107 e. The lowest BCUT2D eigenvalue weighted by atomic mass is 9.81. The fourth-order valence-corrected chi connectivity index (χ4v) is 1.02. The van der Waals surface area contributed by atoms with E-state index in [9.17, 15) is 0 Å². The van der Waals surface area contributed by atoms with Crippen molar-refractivity contribution in [2.75, 3.05) is 6.54 Å². The van der Waals surface area contributed by atoms with E-state index in [1.54, 1.807) is 0 Å². The first-order valence-corrected chi connectivity index (χ1v) is 3.28. The minimum absolute atomic E-state index is 0.270. The molecule has 0 aliphatic carbocycles. The molecule has 46 valence electrons. The number of hydrogen-bond donors (Lipinski definition) is 2. The fourth-order valence-electron chi connectivity index (χ4n) is 1.02. The van der Waals surface area contributed by atoms with Gasteiger partial charge >= 0.3 is 0 Å². The lowest BCUT2D eigenvalue weighted by Crippen LogP contribution is -2.43. The van der Waals surface area contributed by atoms with Crippen LogP contribution in [-0.4, -0.2) is 20.6 Å². The van der Waals surface area contributed by atoms with Gasteiger partial charge in [0, 0.05) is 0 Å². The molecule has 0 bridgehead atoms. The number of nitrogens with two attached hydrogens (primary N) is 1. The van der Waals surface area contributed by atoms with Gasteiger partial charge in [-0.3, -0.25) is 0 Å². The van der Waals surface area contributed by atoms with Gasteiger partial charge in [0.05, 0.1) is 6.17 Å². The van der Waals surface area contributed by atoms with E-state index in [1.165, 1.54) is 6.42 Å². The van der Waals surface area contributed by atoms with Gasteiger partial charge in [0.2, 0.25) is 0 Å². The summed E-state index contributed by atoms with van der Waals surface area (Å²) in [6, 6.07) is 0. The van der Waals surface area contributed by atoms with Crippen LogP contribution in [0.4, 0.5) is 0 Å². The third-order valence-corrected chi connectivity index (χ3v) is 1.70. The average molecular weight is 112 g/mol. The number of nitrogens with one attached hydrogen (secondary N) is 1. The molecule has 8 heavy (non-hydrogen) atoms. The summed E-state index contributed by atoms with van der Waals surface area (Å²) in [6.45, 7) is 1.10. The molecule has 0 aromatic carbocycles. The highest BCUT2D eigenvalue weighted by Gasteiger charge is 2.12. The first kappa shape index (κ1) is 6.11. The van der Waals surface area contributed by atoms with Crippen LogP contribution in [0.1, 0.15) is 12.8 Å². The van der Waals surface area contributed by atoms with Crippen LogP contribution in [0.2, 0.25) is 5.82 Å². The van der Waals surface area contributed by atoms with Crippen LogP contribution in [0, 0.1) is 0 Å². The molecule has 2 nitrogen and oxygen atoms in total. The fraction of sp³-hybridized carbons (Fsp3) is 1.00. The van der Waals surface area contributed by atoms with Gasteiger partial charge in [-0.2, -0.15) is 0 Å². The van der Waals surface area contributed by atoms with Crippen LogP contribution >= 0.6 is 0 Å². The van der Waals surface area contributed by atoms with Crippen molar-refractivity contribution in [3.63, 3.8) is 0 Å². The SMILES string of the molecule is BC1CCC(N)NC1. The Hall–Kier alpha value is -0.0151. The van der Waals surface area contributed by atoms with E-state index in [2.05, 4.69) is 13.2 Å². The Bertz CT molecular complexity index is 58.8. The Kier molecular flexibility index (Phi) is 1.92. The Morgan fingerprint density at radius 3 is 2.62 bits per heavy atom. The Balaban J connectivity index is 2.19. The summed E-state index contributed by atoms with van der Waals surface area (Å²) in [5.74, 6) is 0.829. The van der Waals surface area contributed by atoms with Gasteiger partial charge in [-0.1, -0.05) is 12.2 Å². The second-order valence-corrected chi connectivity index (χ2v) is 2.70. The maximum atomic E-state index is 5.59. The molecule has 1 aliphatic rings. The summed E-state index contributed by atoms with van der Waals surface area (Å²) in [4.78, 5) is 0. The summed E-state index contributed by atoms with van der Waals surface area (Å²) in [5.41, 5.74) is 5.59. The van der Waals surface area contributed by atoms with Crippen LogP contribution in [0.5, 0.6) is 0 Å². The van der Waals surface area contributed by atoms with E-state index < -0.39 is 0 Å². The Morgan fingerprint density at radius 2 is 2.25 bits per heavy atom. The van der Waals surface area contributed by atoms with Crippen LogP contribution in [0.25, 0.3) is 0 Å². The van der Waals surface area contributed by atoms with Crippen molar-refractivity contribution in [2.24, 2.45) is 5.73 Å². The van der Waals surface area contributed by atoms with Crippen molar-refractivity contribution in [3.8, 4) is 0 Å². The van der Waals surface area contributed by atoms with E-state index in [1.807, 2.05) is 0 Å². The minimum atomic E-state index is 0.270. The van der Waals surface area contributed by atoms with Crippen LogP contribution in [0.15, 0.2) is 0 Å². The summed E-state index contributed by atoms with van der Waals surface area (Å²) < 4.78 is 0. The molecule has 1 heterocycles. The molecule has 0 aromatic rings. The summed E-state index contributed by atoms with van der Waals surface area (Å²) in [5, 5.41) is 3.21. The molecule has 3 N–H and O–H groups in total. The predicted molar refractivity (Wildman–Crippen MR) is 37.5 cm³/mol. The molecule has 0 radical (unpaired) electrons. The van der Waals surface area contributed by atoms with Gasteiger partial charge in [-0.25, -0.2) is 0 Å². The Morgan fingerprint density at radius 1 is 1.50 bits per heavy atom. The lowest BCUT2D eigenvalue weighted by Gasteiger charge is -2.24. The molecule has 0 amide bonds. The predicted octanol–water partition coefficient (Wildman–Crippen LogP) is -0.924. The topological polar surface area (TPSA) is 38.0 Å². The number of hydrogen-bond acceptors (Lipinski definition) is 2. The number of piperidine rings is 1. The van der Waals surface area contributed by atoms with Gasteiger partial charge in [0.1, 0.15) is 7.85 Å². The summed E-state index contributed by atoms with van der Waals surface area (Å²) >= 11 is 0. The van der Waals surface area contributed by atoms with Gasteiger partial charge < -0.3 is 11.1 Å². The minimum Gasteiger partial charge on any atom is -0.316 e. The maximum absolute atomic E-state index is 5.59. The average Bonchev–Trinajstić information content (AvgIpc) is 1.77. The molecule has 1 aliphatic heterocycles. The van der Waals surface area contributed by atoms with Crippen molar-refractivity contribution in [1.29, 1.82) is 0 Å². The molecule has 3 heteroatoms.